The molecule has 0 amide bonds. The van der Waals surface area contributed by atoms with Gasteiger partial charge in [0.2, 0.25) is 0 Å². The zero-order chi connectivity index (χ0) is 7.78. The Morgan fingerprint density at radius 2 is 2.20 bits per heavy atom. The standard InChI is InChI=1S/C8H13NO/c1-7-8(2,3)5-6-10-9(7)4/h5-6H,1H2,2-4H3. The molecule has 0 N–H and O–H groups in total. The van der Waals surface area contributed by atoms with Crippen LogP contribution in [0.5, 0.6) is 0 Å². The first-order valence-corrected chi connectivity index (χ1v) is 3.31. The second-order valence-corrected chi connectivity index (χ2v) is 3.07. The van der Waals surface area contributed by atoms with Crippen LogP contribution >= 0.6 is 0 Å². The van der Waals surface area contributed by atoms with E-state index in [1.165, 1.54) is 0 Å². The molecule has 0 saturated carbocycles. The van der Waals surface area contributed by atoms with E-state index in [9.17, 15) is 0 Å². The van der Waals surface area contributed by atoms with Crippen molar-refractivity contribution < 1.29 is 4.84 Å². The summed E-state index contributed by atoms with van der Waals surface area (Å²) in [5, 5.41) is 1.68. The average Bonchev–Trinajstić information content (AvgIpc) is 1.83. The van der Waals surface area contributed by atoms with Crippen LogP contribution in [0, 0.1) is 5.41 Å². The van der Waals surface area contributed by atoms with Crippen molar-refractivity contribution in [3.8, 4) is 0 Å². The van der Waals surface area contributed by atoms with E-state index in [2.05, 4.69) is 20.4 Å². The van der Waals surface area contributed by atoms with Crippen molar-refractivity contribution in [3.05, 3.63) is 24.6 Å². The van der Waals surface area contributed by atoms with Gasteiger partial charge < -0.3 is 4.84 Å². The molecule has 0 bridgehead atoms. The van der Waals surface area contributed by atoms with Gasteiger partial charge in [-0.15, -0.1) is 0 Å². The topological polar surface area (TPSA) is 12.5 Å². The minimum Gasteiger partial charge on any atom is -0.388 e. The molecular weight excluding hydrogens is 126 g/mol. The maximum absolute atomic E-state index is 5.08. The van der Waals surface area contributed by atoms with E-state index in [-0.39, 0.29) is 5.41 Å². The second-order valence-electron chi connectivity index (χ2n) is 3.07. The summed E-state index contributed by atoms with van der Waals surface area (Å²) in [6, 6.07) is 0. The summed E-state index contributed by atoms with van der Waals surface area (Å²) in [7, 11) is 1.85. The third-order valence-electron chi connectivity index (χ3n) is 1.83. The summed E-state index contributed by atoms with van der Waals surface area (Å²) >= 11 is 0. The third-order valence-corrected chi connectivity index (χ3v) is 1.83. The van der Waals surface area contributed by atoms with Gasteiger partial charge >= 0.3 is 0 Å². The number of allylic oxidation sites excluding steroid dienone is 1. The molecule has 0 unspecified atom stereocenters. The van der Waals surface area contributed by atoms with E-state index in [1.807, 2.05) is 13.1 Å². The van der Waals surface area contributed by atoms with Gasteiger partial charge in [0.15, 0.2) is 0 Å². The highest BCUT2D eigenvalue weighted by atomic mass is 16.7. The van der Waals surface area contributed by atoms with Gasteiger partial charge in [0.1, 0.15) is 6.26 Å². The first-order valence-electron chi connectivity index (χ1n) is 3.31. The van der Waals surface area contributed by atoms with Crippen LogP contribution in [-0.2, 0) is 4.84 Å². The monoisotopic (exact) mass is 139 g/mol. The van der Waals surface area contributed by atoms with Crippen molar-refractivity contribution in [2.24, 2.45) is 5.41 Å². The molecule has 0 spiro atoms. The van der Waals surface area contributed by atoms with Crippen LogP contribution in [-0.4, -0.2) is 12.1 Å². The maximum Gasteiger partial charge on any atom is 0.116 e. The molecule has 0 saturated heterocycles. The van der Waals surface area contributed by atoms with Gasteiger partial charge in [-0.2, -0.15) is 0 Å². The summed E-state index contributed by atoms with van der Waals surface area (Å²) in [6.45, 7) is 8.10. The zero-order valence-electron chi connectivity index (χ0n) is 6.72. The molecule has 2 heteroatoms. The summed E-state index contributed by atoms with van der Waals surface area (Å²) in [6.07, 6.45) is 3.68. The van der Waals surface area contributed by atoms with Crippen LogP contribution in [0.25, 0.3) is 0 Å². The number of hydrogen-bond donors (Lipinski definition) is 0. The van der Waals surface area contributed by atoms with E-state index >= 15 is 0 Å². The van der Waals surface area contributed by atoms with Gasteiger partial charge in [-0.1, -0.05) is 20.4 Å². The molecule has 1 aliphatic heterocycles. The second kappa shape index (κ2) is 2.04. The molecule has 0 radical (unpaired) electrons. The van der Waals surface area contributed by atoms with E-state index in [0.717, 1.165) is 5.70 Å². The number of rotatable bonds is 0. The lowest BCUT2D eigenvalue weighted by molar-refractivity contribution is -0.0704. The van der Waals surface area contributed by atoms with Gasteiger partial charge in [-0.3, -0.25) is 0 Å². The molecule has 0 aliphatic carbocycles. The Morgan fingerprint density at radius 3 is 2.60 bits per heavy atom. The zero-order valence-corrected chi connectivity index (χ0v) is 6.72. The third kappa shape index (κ3) is 1.01. The fourth-order valence-electron chi connectivity index (χ4n) is 0.857. The summed E-state index contributed by atoms with van der Waals surface area (Å²) in [5.74, 6) is 0. The first-order chi connectivity index (χ1) is 4.54. The van der Waals surface area contributed by atoms with Gasteiger partial charge in [0, 0.05) is 12.5 Å². The van der Waals surface area contributed by atoms with E-state index in [1.54, 1.807) is 11.3 Å². The van der Waals surface area contributed by atoms with Crippen LogP contribution in [0.15, 0.2) is 24.6 Å². The Morgan fingerprint density at radius 1 is 1.60 bits per heavy atom. The van der Waals surface area contributed by atoms with Gasteiger partial charge in [0.25, 0.3) is 0 Å². The highest BCUT2D eigenvalue weighted by molar-refractivity contribution is 5.15. The minimum atomic E-state index is 0.0347. The summed E-state index contributed by atoms with van der Waals surface area (Å²) < 4.78 is 0. The Bertz CT molecular complexity index is 182. The Balaban J connectivity index is 2.87. The predicted molar refractivity (Wildman–Crippen MR) is 40.9 cm³/mol. The summed E-state index contributed by atoms with van der Waals surface area (Å²) in [4.78, 5) is 5.08. The molecule has 0 aromatic rings. The average molecular weight is 139 g/mol. The Hall–Kier alpha value is -0.920. The molecule has 0 aromatic heterocycles. The van der Waals surface area contributed by atoms with Crippen LogP contribution < -0.4 is 0 Å². The molecule has 0 aromatic carbocycles. The maximum atomic E-state index is 5.08. The van der Waals surface area contributed by atoms with Crippen molar-refractivity contribution in [1.29, 1.82) is 0 Å². The Labute approximate surface area is 61.7 Å². The van der Waals surface area contributed by atoms with Crippen molar-refractivity contribution in [2.45, 2.75) is 13.8 Å². The van der Waals surface area contributed by atoms with Crippen molar-refractivity contribution in [2.75, 3.05) is 7.05 Å². The van der Waals surface area contributed by atoms with Gasteiger partial charge in [0.05, 0.1) is 5.70 Å². The smallest absolute Gasteiger partial charge is 0.116 e. The predicted octanol–water partition coefficient (Wildman–Crippen LogP) is 1.92. The fourth-order valence-corrected chi connectivity index (χ4v) is 0.857. The number of nitrogens with zero attached hydrogens (tertiary/aromatic N) is 1. The molecule has 2 nitrogen and oxygen atoms in total. The molecule has 1 rings (SSSR count). The normalized spacial score (nSPS) is 22.7. The highest BCUT2D eigenvalue weighted by Crippen LogP contribution is 2.31. The van der Waals surface area contributed by atoms with Crippen molar-refractivity contribution in [3.63, 3.8) is 0 Å². The molecule has 10 heavy (non-hydrogen) atoms. The quantitative estimate of drug-likeness (QED) is 0.508. The van der Waals surface area contributed by atoms with Crippen LogP contribution in [0.2, 0.25) is 0 Å². The molecule has 0 fully saturated rings. The van der Waals surface area contributed by atoms with Crippen molar-refractivity contribution >= 4 is 0 Å². The minimum absolute atomic E-state index is 0.0347. The lowest BCUT2D eigenvalue weighted by Gasteiger charge is -2.33. The van der Waals surface area contributed by atoms with Crippen molar-refractivity contribution in [1.82, 2.24) is 5.06 Å². The number of hydroxylamine groups is 2. The lowest BCUT2D eigenvalue weighted by atomic mass is 9.89. The number of hydrogen-bond acceptors (Lipinski definition) is 2. The largest absolute Gasteiger partial charge is 0.388 e. The summed E-state index contributed by atoms with van der Waals surface area (Å²) in [5.41, 5.74) is 1.02. The molecule has 1 heterocycles. The SMILES string of the molecule is C=C1N(C)OC=CC1(C)C. The lowest BCUT2D eigenvalue weighted by Crippen LogP contribution is -2.29. The molecule has 0 atom stereocenters. The highest BCUT2D eigenvalue weighted by Gasteiger charge is 2.25. The van der Waals surface area contributed by atoms with Crippen LogP contribution in [0.4, 0.5) is 0 Å². The fraction of sp³-hybridized carbons (Fsp3) is 0.500. The molecule has 56 valence electrons. The van der Waals surface area contributed by atoms with Gasteiger partial charge in [-0.05, 0) is 6.08 Å². The van der Waals surface area contributed by atoms with Crippen LogP contribution in [0.3, 0.4) is 0 Å². The van der Waals surface area contributed by atoms with Crippen LogP contribution in [0.1, 0.15) is 13.8 Å². The van der Waals surface area contributed by atoms with E-state index in [0.29, 0.717) is 0 Å². The van der Waals surface area contributed by atoms with E-state index in [4.69, 9.17) is 4.84 Å². The molecule has 1 aliphatic rings. The molecular formula is C8H13NO. The Kier molecular flexibility index (Phi) is 1.47. The first kappa shape index (κ1) is 7.19. The van der Waals surface area contributed by atoms with E-state index < -0.39 is 0 Å². The van der Waals surface area contributed by atoms with Gasteiger partial charge in [-0.25, -0.2) is 5.06 Å².